The van der Waals surface area contributed by atoms with Gasteiger partial charge in [0.25, 0.3) is 5.56 Å². The third-order valence-electron chi connectivity index (χ3n) is 4.50. The standard InChI is InChI=1S/C17H28N4O2/c1-14(2)15(20-10-8-19(3)9-11-20)12-18-16(22)13-21-7-5-4-6-17(21)23/h4-7,14-15H,8-13H2,1-3H3,(H,18,22). The molecule has 23 heavy (non-hydrogen) atoms. The summed E-state index contributed by atoms with van der Waals surface area (Å²) in [7, 11) is 2.14. The van der Waals surface area contributed by atoms with Crippen LogP contribution in [0.15, 0.2) is 29.2 Å². The molecule has 0 saturated carbocycles. The van der Waals surface area contributed by atoms with E-state index in [9.17, 15) is 9.59 Å². The van der Waals surface area contributed by atoms with E-state index in [2.05, 4.69) is 36.0 Å². The first-order valence-corrected chi connectivity index (χ1v) is 8.32. The lowest BCUT2D eigenvalue weighted by atomic mass is 10.0. The normalized spacial score (nSPS) is 18.1. The van der Waals surface area contributed by atoms with Crippen molar-refractivity contribution in [1.29, 1.82) is 0 Å². The lowest BCUT2D eigenvalue weighted by Crippen LogP contribution is -2.54. The van der Waals surface area contributed by atoms with Crippen molar-refractivity contribution >= 4 is 5.91 Å². The fourth-order valence-electron chi connectivity index (χ4n) is 2.96. The summed E-state index contributed by atoms with van der Waals surface area (Å²) in [6, 6.07) is 5.24. The van der Waals surface area contributed by atoms with E-state index in [1.54, 1.807) is 18.3 Å². The SMILES string of the molecule is CC(C)C(CNC(=O)Cn1ccccc1=O)N1CCN(C)CC1. The Morgan fingerprint density at radius 1 is 1.22 bits per heavy atom. The lowest BCUT2D eigenvalue weighted by molar-refractivity contribution is -0.122. The number of carbonyl (C=O) groups is 1. The largest absolute Gasteiger partial charge is 0.353 e. The molecule has 1 N–H and O–H groups in total. The molecule has 1 aliphatic heterocycles. The molecule has 0 spiro atoms. The van der Waals surface area contributed by atoms with Gasteiger partial charge in [-0.15, -0.1) is 0 Å². The van der Waals surface area contributed by atoms with E-state index in [1.807, 2.05) is 0 Å². The molecule has 0 bridgehead atoms. The highest BCUT2D eigenvalue weighted by Crippen LogP contribution is 2.12. The van der Waals surface area contributed by atoms with Gasteiger partial charge in [-0.2, -0.15) is 0 Å². The lowest BCUT2D eigenvalue weighted by Gasteiger charge is -2.39. The van der Waals surface area contributed by atoms with Crippen molar-refractivity contribution in [1.82, 2.24) is 19.7 Å². The number of nitrogens with one attached hydrogen (secondary N) is 1. The van der Waals surface area contributed by atoms with Crippen molar-refractivity contribution in [3.8, 4) is 0 Å². The van der Waals surface area contributed by atoms with E-state index in [1.165, 1.54) is 10.6 Å². The molecule has 2 rings (SSSR count). The smallest absolute Gasteiger partial charge is 0.250 e. The van der Waals surface area contributed by atoms with Crippen LogP contribution >= 0.6 is 0 Å². The quantitative estimate of drug-likeness (QED) is 0.816. The average Bonchev–Trinajstić information content (AvgIpc) is 2.51. The topological polar surface area (TPSA) is 57.6 Å². The van der Waals surface area contributed by atoms with E-state index >= 15 is 0 Å². The minimum absolute atomic E-state index is 0.0766. The fourth-order valence-corrected chi connectivity index (χ4v) is 2.96. The highest BCUT2D eigenvalue weighted by atomic mass is 16.2. The Bertz CT molecular complexity index is 562. The van der Waals surface area contributed by atoms with E-state index in [0.29, 0.717) is 18.5 Å². The molecule has 1 aromatic heterocycles. The Hall–Kier alpha value is -1.66. The number of hydrogen-bond acceptors (Lipinski definition) is 4. The Balaban J connectivity index is 1.87. The van der Waals surface area contributed by atoms with Gasteiger partial charge < -0.3 is 14.8 Å². The zero-order chi connectivity index (χ0) is 16.8. The zero-order valence-electron chi connectivity index (χ0n) is 14.4. The summed E-state index contributed by atoms with van der Waals surface area (Å²) in [5, 5.41) is 2.99. The molecular weight excluding hydrogens is 292 g/mol. The number of nitrogens with zero attached hydrogens (tertiary/aromatic N) is 3. The van der Waals surface area contributed by atoms with Gasteiger partial charge in [0, 0.05) is 51.0 Å². The molecule has 1 fully saturated rings. The van der Waals surface area contributed by atoms with Gasteiger partial charge in [-0.25, -0.2) is 0 Å². The van der Waals surface area contributed by atoms with Crippen LogP contribution in [-0.2, 0) is 11.3 Å². The molecule has 2 heterocycles. The molecule has 1 atom stereocenters. The van der Waals surface area contributed by atoms with Crippen molar-refractivity contribution in [3.63, 3.8) is 0 Å². The summed E-state index contributed by atoms with van der Waals surface area (Å²) in [6.07, 6.45) is 1.64. The van der Waals surface area contributed by atoms with Crippen LogP contribution in [0.25, 0.3) is 0 Å². The van der Waals surface area contributed by atoms with Crippen LogP contribution in [0, 0.1) is 5.92 Å². The van der Waals surface area contributed by atoms with Gasteiger partial charge in [-0.1, -0.05) is 19.9 Å². The van der Waals surface area contributed by atoms with E-state index in [0.717, 1.165) is 26.2 Å². The third-order valence-corrected chi connectivity index (χ3v) is 4.50. The first-order chi connectivity index (χ1) is 11.0. The number of carbonyl (C=O) groups excluding carboxylic acids is 1. The molecular formula is C17H28N4O2. The number of hydrogen-bond donors (Lipinski definition) is 1. The van der Waals surface area contributed by atoms with E-state index in [4.69, 9.17) is 0 Å². The summed E-state index contributed by atoms with van der Waals surface area (Å²) in [6.45, 7) is 9.29. The van der Waals surface area contributed by atoms with Crippen LogP contribution in [0.2, 0.25) is 0 Å². The van der Waals surface area contributed by atoms with Gasteiger partial charge in [0.05, 0.1) is 0 Å². The number of likely N-dealkylation sites (N-methyl/N-ethyl adjacent to an activating group) is 1. The summed E-state index contributed by atoms with van der Waals surface area (Å²) in [4.78, 5) is 28.6. The van der Waals surface area contributed by atoms with Crippen LogP contribution in [0.3, 0.4) is 0 Å². The Morgan fingerprint density at radius 3 is 2.52 bits per heavy atom. The summed E-state index contributed by atoms with van der Waals surface area (Å²) >= 11 is 0. The van der Waals surface area contributed by atoms with Gasteiger partial charge in [0.15, 0.2) is 0 Å². The van der Waals surface area contributed by atoms with Crippen molar-refractivity contribution in [2.45, 2.75) is 26.4 Å². The number of pyridine rings is 1. The van der Waals surface area contributed by atoms with Crippen LogP contribution < -0.4 is 10.9 Å². The molecule has 0 radical (unpaired) electrons. The van der Waals surface area contributed by atoms with Gasteiger partial charge in [0.1, 0.15) is 6.54 Å². The van der Waals surface area contributed by atoms with Crippen LogP contribution in [0.4, 0.5) is 0 Å². The molecule has 1 unspecified atom stereocenters. The predicted molar refractivity (Wildman–Crippen MR) is 91.4 cm³/mol. The first kappa shape index (κ1) is 17.7. The minimum Gasteiger partial charge on any atom is -0.353 e. The van der Waals surface area contributed by atoms with Crippen LogP contribution in [-0.4, -0.2) is 66.1 Å². The maximum absolute atomic E-state index is 12.1. The fraction of sp³-hybridized carbons (Fsp3) is 0.647. The minimum atomic E-state index is -0.151. The first-order valence-electron chi connectivity index (χ1n) is 8.32. The third kappa shape index (κ3) is 5.18. The molecule has 128 valence electrons. The van der Waals surface area contributed by atoms with Crippen LogP contribution in [0.1, 0.15) is 13.8 Å². The Morgan fingerprint density at radius 2 is 1.91 bits per heavy atom. The number of amides is 1. The Kier molecular flexibility index (Phi) is 6.36. The van der Waals surface area contributed by atoms with Gasteiger partial charge >= 0.3 is 0 Å². The zero-order valence-corrected chi connectivity index (χ0v) is 14.4. The van der Waals surface area contributed by atoms with Gasteiger partial charge in [0.2, 0.25) is 5.91 Å². The Labute approximate surface area is 138 Å². The molecule has 1 saturated heterocycles. The molecule has 6 nitrogen and oxygen atoms in total. The van der Waals surface area contributed by atoms with Crippen molar-refractivity contribution in [3.05, 3.63) is 34.7 Å². The number of rotatable bonds is 6. The van der Waals surface area contributed by atoms with Crippen molar-refractivity contribution < 1.29 is 4.79 Å². The van der Waals surface area contributed by atoms with Crippen molar-refractivity contribution in [2.75, 3.05) is 39.8 Å². The van der Waals surface area contributed by atoms with E-state index < -0.39 is 0 Å². The highest BCUT2D eigenvalue weighted by Gasteiger charge is 2.25. The van der Waals surface area contributed by atoms with Gasteiger partial charge in [-0.3, -0.25) is 14.5 Å². The summed E-state index contributed by atoms with van der Waals surface area (Å²) < 4.78 is 1.43. The number of aromatic nitrogens is 1. The number of piperazine rings is 1. The summed E-state index contributed by atoms with van der Waals surface area (Å²) in [5.74, 6) is 0.358. The summed E-state index contributed by atoms with van der Waals surface area (Å²) in [5.41, 5.74) is -0.151. The molecule has 6 heteroatoms. The molecule has 1 amide bonds. The average molecular weight is 320 g/mol. The second-order valence-corrected chi connectivity index (χ2v) is 6.62. The molecule has 1 aliphatic rings. The molecule has 1 aromatic rings. The highest BCUT2D eigenvalue weighted by molar-refractivity contribution is 5.75. The molecule has 0 aromatic carbocycles. The van der Waals surface area contributed by atoms with E-state index in [-0.39, 0.29) is 18.0 Å². The van der Waals surface area contributed by atoms with Crippen LogP contribution in [0.5, 0.6) is 0 Å². The van der Waals surface area contributed by atoms with Gasteiger partial charge in [-0.05, 0) is 19.0 Å². The maximum atomic E-state index is 12.1. The maximum Gasteiger partial charge on any atom is 0.250 e. The second-order valence-electron chi connectivity index (χ2n) is 6.62. The molecule has 0 aliphatic carbocycles. The second kappa shape index (κ2) is 8.26. The monoisotopic (exact) mass is 320 g/mol. The predicted octanol–water partition coefficient (Wildman–Crippen LogP) is 0.237. The van der Waals surface area contributed by atoms with Crippen molar-refractivity contribution in [2.24, 2.45) is 5.92 Å².